The molecule has 0 aromatic rings. The average Bonchev–Trinajstić information content (AvgIpc) is 3.10. The van der Waals surface area contributed by atoms with Crippen molar-refractivity contribution in [3.05, 3.63) is 0 Å². The van der Waals surface area contributed by atoms with Gasteiger partial charge < -0.3 is 10.6 Å². The van der Waals surface area contributed by atoms with Crippen molar-refractivity contribution in [1.29, 1.82) is 0 Å². The van der Waals surface area contributed by atoms with E-state index in [1.165, 1.54) is 25.7 Å². The molecule has 0 aromatic heterocycles. The van der Waals surface area contributed by atoms with Crippen LogP contribution in [0.5, 0.6) is 0 Å². The Morgan fingerprint density at radius 3 is 2.88 bits per heavy atom. The van der Waals surface area contributed by atoms with Gasteiger partial charge in [0.1, 0.15) is 0 Å². The highest BCUT2D eigenvalue weighted by Gasteiger charge is 2.25. The summed E-state index contributed by atoms with van der Waals surface area (Å²) in [6.07, 6.45) is 5.25. The fraction of sp³-hybridized carbons (Fsp3) is 0.917. The molecule has 1 saturated heterocycles. The zero-order chi connectivity index (χ0) is 11.4. The second kappa shape index (κ2) is 5.64. The number of nitrogens with one attached hydrogen (secondary N) is 2. The van der Waals surface area contributed by atoms with Crippen LogP contribution in [0.1, 0.15) is 25.7 Å². The van der Waals surface area contributed by atoms with Crippen molar-refractivity contribution in [2.24, 2.45) is 5.92 Å². The largest absolute Gasteiger partial charge is 0.358 e. The fourth-order valence-corrected chi connectivity index (χ4v) is 2.36. The first-order valence-corrected chi connectivity index (χ1v) is 6.44. The number of likely N-dealkylation sites (N-methyl/N-ethyl adjacent to an activating group) is 1. The summed E-state index contributed by atoms with van der Waals surface area (Å²) in [6.45, 7) is 3.85. The number of hydrogen-bond donors (Lipinski definition) is 2. The molecule has 1 saturated carbocycles. The molecule has 1 atom stereocenters. The van der Waals surface area contributed by atoms with Crippen LogP contribution in [0.2, 0.25) is 0 Å². The minimum atomic E-state index is 0.135. The van der Waals surface area contributed by atoms with E-state index in [9.17, 15) is 4.79 Å². The smallest absolute Gasteiger partial charge is 0.233 e. The van der Waals surface area contributed by atoms with Crippen molar-refractivity contribution in [1.82, 2.24) is 15.5 Å². The summed E-state index contributed by atoms with van der Waals surface area (Å²) in [4.78, 5) is 13.6. The first-order chi connectivity index (χ1) is 7.78. The molecule has 16 heavy (non-hydrogen) atoms. The lowest BCUT2D eigenvalue weighted by Gasteiger charge is -2.32. The number of rotatable bonds is 5. The summed E-state index contributed by atoms with van der Waals surface area (Å²) < 4.78 is 0. The molecule has 0 bridgehead atoms. The molecule has 2 N–H and O–H groups in total. The van der Waals surface area contributed by atoms with Gasteiger partial charge >= 0.3 is 0 Å². The zero-order valence-corrected chi connectivity index (χ0v) is 10.2. The van der Waals surface area contributed by atoms with Crippen molar-refractivity contribution in [2.45, 2.75) is 31.7 Å². The summed E-state index contributed by atoms with van der Waals surface area (Å²) in [6, 6.07) is 0.800. The van der Waals surface area contributed by atoms with E-state index in [2.05, 4.69) is 15.5 Å². The van der Waals surface area contributed by atoms with Crippen LogP contribution >= 0.6 is 0 Å². The van der Waals surface area contributed by atoms with Crippen LogP contribution in [0, 0.1) is 5.92 Å². The molecule has 4 heteroatoms. The Balaban J connectivity index is 1.67. The van der Waals surface area contributed by atoms with Crippen LogP contribution < -0.4 is 10.6 Å². The van der Waals surface area contributed by atoms with Crippen molar-refractivity contribution in [2.75, 3.05) is 33.2 Å². The number of carbonyl (C=O) groups excluding carboxylic acids is 1. The maximum Gasteiger partial charge on any atom is 0.233 e. The number of nitrogens with zero attached hydrogens (tertiary/aromatic N) is 1. The van der Waals surface area contributed by atoms with Crippen molar-refractivity contribution < 1.29 is 4.79 Å². The van der Waals surface area contributed by atoms with Crippen molar-refractivity contribution >= 4 is 5.91 Å². The molecule has 1 unspecified atom stereocenters. The first kappa shape index (κ1) is 11.9. The number of amides is 1. The van der Waals surface area contributed by atoms with E-state index in [-0.39, 0.29) is 5.91 Å². The second-order valence-corrected chi connectivity index (χ2v) is 5.10. The van der Waals surface area contributed by atoms with Gasteiger partial charge in [-0.25, -0.2) is 0 Å². The molecule has 92 valence electrons. The predicted octanol–water partition coefficient (Wildman–Crippen LogP) is 0.196. The molecular weight excluding hydrogens is 202 g/mol. The highest BCUT2D eigenvalue weighted by atomic mass is 16.1. The highest BCUT2D eigenvalue weighted by molar-refractivity contribution is 5.77. The van der Waals surface area contributed by atoms with Gasteiger partial charge in [-0.3, -0.25) is 9.69 Å². The monoisotopic (exact) mass is 225 g/mol. The average molecular weight is 225 g/mol. The molecule has 1 aliphatic heterocycles. The van der Waals surface area contributed by atoms with Gasteiger partial charge in [-0.1, -0.05) is 0 Å². The van der Waals surface area contributed by atoms with Crippen LogP contribution in [0.15, 0.2) is 0 Å². The van der Waals surface area contributed by atoms with E-state index in [1.54, 1.807) is 7.05 Å². The van der Waals surface area contributed by atoms with Gasteiger partial charge in [-0.2, -0.15) is 0 Å². The van der Waals surface area contributed by atoms with Gasteiger partial charge in [0.25, 0.3) is 0 Å². The molecule has 1 aliphatic carbocycles. The molecule has 1 amide bonds. The molecular formula is C12H23N3O. The van der Waals surface area contributed by atoms with Crippen LogP contribution in [0.3, 0.4) is 0 Å². The number of carbonyl (C=O) groups is 1. The molecule has 2 fully saturated rings. The number of likely N-dealkylation sites (tertiary alicyclic amines) is 1. The second-order valence-electron chi connectivity index (χ2n) is 5.10. The molecule has 2 rings (SSSR count). The third-order valence-corrected chi connectivity index (χ3v) is 3.52. The molecule has 2 aliphatic rings. The normalized spacial score (nSPS) is 26.7. The molecule has 1 heterocycles. The summed E-state index contributed by atoms with van der Waals surface area (Å²) in [5.41, 5.74) is 0. The van der Waals surface area contributed by atoms with E-state index in [0.717, 1.165) is 31.6 Å². The van der Waals surface area contributed by atoms with E-state index in [0.29, 0.717) is 6.54 Å². The van der Waals surface area contributed by atoms with Gasteiger partial charge in [-0.15, -0.1) is 0 Å². The maximum absolute atomic E-state index is 11.3. The topological polar surface area (TPSA) is 44.4 Å². The third-order valence-electron chi connectivity index (χ3n) is 3.52. The van der Waals surface area contributed by atoms with E-state index >= 15 is 0 Å². The Kier molecular flexibility index (Phi) is 4.18. The van der Waals surface area contributed by atoms with Crippen LogP contribution in [-0.2, 0) is 4.79 Å². The van der Waals surface area contributed by atoms with Crippen molar-refractivity contribution in [3.8, 4) is 0 Å². The molecule has 4 nitrogen and oxygen atoms in total. The molecule has 0 radical (unpaired) electrons. The Labute approximate surface area is 97.8 Å². The van der Waals surface area contributed by atoms with E-state index < -0.39 is 0 Å². The fourth-order valence-electron chi connectivity index (χ4n) is 2.36. The first-order valence-electron chi connectivity index (χ1n) is 6.44. The Morgan fingerprint density at radius 2 is 2.19 bits per heavy atom. The van der Waals surface area contributed by atoms with Crippen LogP contribution in [0.4, 0.5) is 0 Å². The molecule has 0 spiro atoms. The standard InChI is InChI=1S/C12H23N3O/c1-13-12(16)9-15-6-2-3-10(8-15)7-14-11-4-5-11/h10-11,14H,2-9H2,1H3,(H,13,16). The summed E-state index contributed by atoms with van der Waals surface area (Å²) in [7, 11) is 1.71. The Bertz CT molecular complexity index is 240. The highest BCUT2D eigenvalue weighted by Crippen LogP contribution is 2.21. The Morgan fingerprint density at radius 1 is 1.38 bits per heavy atom. The van der Waals surface area contributed by atoms with Gasteiger partial charge in [-0.05, 0) is 44.7 Å². The summed E-state index contributed by atoms with van der Waals surface area (Å²) >= 11 is 0. The van der Waals surface area contributed by atoms with Crippen LogP contribution in [-0.4, -0.2) is 50.1 Å². The number of hydrogen-bond acceptors (Lipinski definition) is 3. The summed E-state index contributed by atoms with van der Waals surface area (Å²) in [5.74, 6) is 0.870. The lowest BCUT2D eigenvalue weighted by Crippen LogP contribution is -2.44. The SMILES string of the molecule is CNC(=O)CN1CCCC(CNC2CC2)C1. The van der Waals surface area contributed by atoms with E-state index in [4.69, 9.17) is 0 Å². The maximum atomic E-state index is 11.3. The lowest BCUT2D eigenvalue weighted by atomic mass is 9.98. The quantitative estimate of drug-likeness (QED) is 0.702. The van der Waals surface area contributed by atoms with Crippen molar-refractivity contribution in [3.63, 3.8) is 0 Å². The zero-order valence-electron chi connectivity index (χ0n) is 10.2. The number of piperidine rings is 1. The Hall–Kier alpha value is -0.610. The summed E-state index contributed by atoms with van der Waals surface area (Å²) in [5, 5.41) is 6.28. The van der Waals surface area contributed by atoms with Crippen LogP contribution in [0.25, 0.3) is 0 Å². The van der Waals surface area contributed by atoms with E-state index in [1.807, 2.05) is 0 Å². The third kappa shape index (κ3) is 3.76. The van der Waals surface area contributed by atoms with Gasteiger partial charge in [0.15, 0.2) is 0 Å². The van der Waals surface area contributed by atoms with Gasteiger partial charge in [0, 0.05) is 19.6 Å². The minimum absolute atomic E-state index is 0.135. The van der Waals surface area contributed by atoms with Gasteiger partial charge in [0.2, 0.25) is 5.91 Å². The molecule has 0 aromatic carbocycles. The van der Waals surface area contributed by atoms with Gasteiger partial charge in [0.05, 0.1) is 6.54 Å². The lowest BCUT2D eigenvalue weighted by molar-refractivity contribution is -0.122. The predicted molar refractivity (Wildman–Crippen MR) is 64.3 cm³/mol. The minimum Gasteiger partial charge on any atom is -0.358 e.